The molecule has 0 atom stereocenters. The highest BCUT2D eigenvalue weighted by atomic mass is 35.5. The molecule has 2 aromatic carbocycles. The lowest BCUT2D eigenvalue weighted by Crippen LogP contribution is -2.32. The van der Waals surface area contributed by atoms with Crippen LogP contribution in [0.5, 0.6) is 0 Å². The molecule has 0 radical (unpaired) electrons. The normalized spacial score (nSPS) is 10.9. The van der Waals surface area contributed by atoms with Gasteiger partial charge in [0.05, 0.1) is 5.52 Å². The molecule has 0 aliphatic heterocycles. The third kappa shape index (κ3) is 3.14. The van der Waals surface area contributed by atoms with Crippen LogP contribution in [0.4, 0.5) is 0 Å². The lowest BCUT2D eigenvalue weighted by Gasteiger charge is -2.18. The molecule has 118 valence electrons. The van der Waals surface area contributed by atoms with E-state index in [4.69, 9.17) is 16.0 Å². The van der Waals surface area contributed by atoms with Crippen molar-refractivity contribution >= 4 is 28.6 Å². The van der Waals surface area contributed by atoms with Crippen LogP contribution in [0, 0.1) is 0 Å². The highest BCUT2D eigenvalue weighted by molar-refractivity contribution is 6.31. The second kappa shape index (κ2) is 6.30. The molecule has 0 saturated carbocycles. The number of carbonyl (C=O) groups is 1. The van der Waals surface area contributed by atoms with E-state index in [-0.39, 0.29) is 12.5 Å². The fraction of sp³-hybridized carbons (Fsp3) is 0.176. The zero-order chi connectivity index (χ0) is 16.4. The molecule has 0 aliphatic carbocycles. The summed E-state index contributed by atoms with van der Waals surface area (Å²) < 4.78 is 6.47. The monoisotopic (exact) mass is 330 g/mol. The number of hydrogen-bond donors (Lipinski definition) is 0. The Labute approximate surface area is 137 Å². The molecule has 0 spiro atoms. The summed E-state index contributed by atoms with van der Waals surface area (Å²) in [6, 6.07) is 14.4. The maximum atomic E-state index is 12.4. The molecule has 1 aromatic heterocycles. The molecule has 0 fully saturated rings. The Morgan fingerprint density at radius 2 is 1.87 bits per heavy atom. The van der Waals surface area contributed by atoms with Crippen LogP contribution in [0.25, 0.3) is 11.1 Å². The fourth-order valence-electron chi connectivity index (χ4n) is 2.39. The van der Waals surface area contributed by atoms with Crippen molar-refractivity contribution in [3.8, 4) is 0 Å². The summed E-state index contributed by atoms with van der Waals surface area (Å²) in [5.41, 5.74) is 1.94. The summed E-state index contributed by atoms with van der Waals surface area (Å²) in [6.07, 6.45) is 0. The molecule has 0 N–H and O–H groups in total. The van der Waals surface area contributed by atoms with Gasteiger partial charge in [-0.3, -0.25) is 9.36 Å². The van der Waals surface area contributed by atoms with E-state index in [1.54, 1.807) is 37.4 Å². The number of fused-ring (bicyclic) bond motifs is 1. The number of para-hydroxylation sites is 2. The van der Waals surface area contributed by atoms with E-state index in [1.165, 1.54) is 9.47 Å². The quantitative estimate of drug-likeness (QED) is 0.739. The lowest BCUT2D eigenvalue weighted by molar-refractivity contribution is -0.131. The Kier molecular flexibility index (Phi) is 4.21. The summed E-state index contributed by atoms with van der Waals surface area (Å²) in [5, 5.41) is 0.609. The van der Waals surface area contributed by atoms with Crippen molar-refractivity contribution < 1.29 is 9.21 Å². The van der Waals surface area contributed by atoms with Gasteiger partial charge in [0, 0.05) is 18.6 Å². The molecule has 6 heteroatoms. The maximum absolute atomic E-state index is 12.4. The molecule has 0 saturated heterocycles. The van der Waals surface area contributed by atoms with Gasteiger partial charge in [0.15, 0.2) is 5.58 Å². The van der Waals surface area contributed by atoms with Gasteiger partial charge in [-0.15, -0.1) is 0 Å². The smallest absolute Gasteiger partial charge is 0.408 e. The second-order valence-corrected chi connectivity index (χ2v) is 5.67. The van der Waals surface area contributed by atoms with Gasteiger partial charge in [-0.1, -0.05) is 41.9 Å². The number of oxazole rings is 1. The van der Waals surface area contributed by atoms with Crippen molar-refractivity contribution in [2.75, 3.05) is 7.05 Å². The summed E-state index contributed by atoms with van der Waals surface area (Å²) >= 11 is 6.11. The van der Waals surface area contributed by atoms with Gasteiger partial charge >= 0.3 is 5.76 Å². The van der Waals surface area contributed by atoms with Gasteiger partial charge in [0.25, 0.3) is 0 Å². The van der Waals surface area contributed by atoms with E-state index in [0.29, 0.717) is 22.7 Å². The van der Waals surface area contributed by atoms with Gasteiger partial charge in [0.2, 0.25) is 5.91 Å². The highest BCUT2D eigenvalue weighted by Gasteiger charge is 2.16. The number of benzene rings is 2. The topological polar surface area (TPSA) is 55.5 Å². The molecule has 5 nitrogen and oxygen atoms in total. The minimum Gasteiger partial charge on any atom is -0.408 e. The van der Waals surface area contributed by atoms with Gasteiger partial charge in [-0.05, 0) is 23.8 Å². The maximum Gasteiger partial charge on any atom is 0.420 e. The van der Waals surface area contributed by atoms with Crippen molar-refractivity contribution in [3.63, 3.8) is 0 Å². The fourth-order valence-corrected chi connectivity index (χ4v) is 2.59. The SMILES string of the molecule is CN(Cc1ccccc1Cl)C(=O)Cn1c(=O)oc2ccccc21. The van der Waals surface area contributed by atoms with Crippen LogP contribution in [-0.4, -0.2) is 22.4 Å². The number of likely N-dealkylation sites (N-methyl/N-ethyl adjacent to an activating group) is 1. The summed E-state index contributed by atoms with van der Waals surface area (Å²) in [4.78, 5) is 25.9. The number of hydrogen-bond acceptors (Lipinski definition) is 3. The Hall–Kier alpha value is -2.53. The summed E-state index contributed by atoms with van der Waals surface area (Å²) in [5.74, 6) is -0.732. The Morgan fingerprint density at radius 1 is 1.17 bits per heavy atom. The first-order valence-electron chi connectivity index (χ1n) is 7.12. The van der Waals surface area contributed by atoms with Crippen molar-refractivity contribution in [1.29, 1.82) is 0 Å². The predicted octanol–water partition coefficient (Wildman–Crippen LogP) is 2.91. The Balaban J connectivity index is 1.79. The van der Waals surface area contributed by atoms with Gasteiger partial charge in [0.1, 0.15) is 6.54 Å². The zero-order valence-corrected chi connectivity index (χ0v) is 13.3. The van der Waals surface area contributed by atoms with Crippen LogP contribution in [-0.2, 0) is 17.9 Å². The predicted molar refractivity (Wildman–Crippen MR) is 88.4 cm³/mol. The molecule has 23 heavy (non-hydrogen) atoms. The number of halogens is 1. The van der Waals surface area contributed by atoms with E-state index in [1.807, 2.05) is 18.2 Å². The van der Waals surface area contributed by atoms with Crippen molar-refractivity contribution in [1.82, 2.24) is 9.47 Å². The third-order valence-electron chi connectivity index (χ3n) is 3.66. The van der Waals surface area contributed by atoms with Crippen LogP contribution in [0.3, 0.4) is 0 Å². The number of rotatable bonds is 4. The highest BCUT2D eigenvalue weighted by Crippen LogP contribution is 2.17. The Bertz CT molecular complexity index is 913. The third-order valence-corrected chi connectivity index (χ3v) is 4.03. The molecule has 3 aromatic rings. The Morgan fingerprint density at radius 3 is 2.65 bits per heavy atom. The average molecular weight is 331 g/mol. The minimum atomic E-state index is -0.536. The van der Waals surface area contributed by atoms with E-state index in [9.17, 15) is 9.59 Å². The van der Waals surface area contributed by atoms with Crippen LogP contribution >= 0.6 is 11.6 Å². The number of nitrogens with zero attached hydrogens (tertiary/aromatic N) is 2. The molecule has 0 unspecified atom stereocenters. The average Bonchev–Trinajstić information content (AvgIpc) is 2.85. The van der Waals surface area contributed by atoms with Crippen molar-refractivity contribution in [2.24, 2.45) is 0 Å². The largest absolute Gasteiger partial charge is 0.420 e. The first-order chi connectivity index (χ1) is 11.1. The van der Waals surface area contributed by atoms with Gasteiger partial charge in [-0.25, -0.2) is 4.79 Å². The van der Waals surface area contributed by atoms with E-state index >= 15 is 0 Å². The minimum absolute atomic E-state index is 0.0726. The second-order valence-electron chi connectivity index (χ2n) is 5.26. The van der Waals surface area contributed by atoms with E-state index in [2.05, 4.69) is 0 Å². The number of carbonyl (C=O) groups excluding carboxylic acids is 1. The van der Waals surface area contributed by atoms with Crippen LogP contribution in [0.1, 0.15) is 5.56 Å². The van der Waals surface area contributed by atoms with Crippen LogP contribution < -0.4 is 5.76 Å². The van der Waals surface area contributed by atoms with Crippen LogP contribution in [0.2, 0.25) is 5.02 Å². The van der Waals surface area contributed by atoms with Gasteiger partial charge in [-0.2, -0.15) is 0 Å². The molecule has 3 rings (SSSR count). The number of aromatic nitrogens is 1. The number of amides is 1. The molecule has 0 bridgehead atoms. The standard InChI is InChI=1S/C17H15ClN2O3/c1-19(10-12-6-2-3-7-13(12)18)16(21)11-20-14-8-4-5-9-15(14)23-17(20)22/h2-9H,10-11H2,1H3. The molecular formula is C17H15ClN2O3. The molecule has 1 heterocycles. The molecule has 1 amide bonds. The summed E-state index contributed by atoms with van der Waals surface area (Å²) in [6.45, 7) is 0.305. The van der Waals surface area contributed by atoms with Crippen molar-refractivity contribution in [2.45, 2.75) is 13.1 Å². The molecule has 0 aliphatic rings. The van der Waals surface area contributed by atoms with E-state index in [0.717, 1.165) is 5.56 Å². The zero-order valence-electron chi connectivity index (χ0n) is 12.5. The first-order valence-corrected chi connectivity index (χ1v) is 7.50. The van der Waals surface area contributed by atoms with Crippen LogP contribution in [0.15, 0.2) is 57.7 Å². The summed E-state index contributed by atoms with van der Waals surface area (Å²) in [7, 11) is 1.68. The first kappa shape index (κ1) is 15.4. The lowest BCUT2D eigenvalue weighted by atomic mass is 10.2. The van der Waals surface area contributed by atoms with E-state index < -0.39 is 5.76 Å². The van der Waals surface area contributed by atoms with Crippen molar-refractivity contribution in [3.05, 3.63) is 69.7 Å². The molecular weight excluding hydrogens is 316 g/mol. The van der Waals surface area contributed by atoms with Gasteiger partial charge < -0.3 is 9.32 Å².